The first kappa shape index (κ1) is 18.3. The third-order valence-corrected chi connectivity index (χ3v) is 5.69. The van der Waals surface area contributed by atoms with Gasteiger partial charge in [0, 0.05) is 12.6 Å². The molecule has 0 atom stereocenters. The van der Waals surface area contributed by atoms with Gasteiger partial charge in [-0.2, -0.15) is 16.6 Å². The first-order valence-electron chi connectivity index (χ1n) is 8.09. The number of carbonyl (C=O) groups excluding carboxylic acids is 1. The molecule has 0 saturated heterocycles. The summed E-state index contributed by atoms with van der Waals surface area (Å²) in [5.41, 5.74) is 4.65. The van der Waals surface area contributed by atoms with E-state index in [1.165, 1.54) is 11.8 Å². The molecule has 3 aromatic rings. The number of nitriles is 1. The topological polar surface area (TPSA) is 55.0 Å². The zero-order valence-electron chi connectivity index (χ0n) is 14.8. The average Bonchev–Trinajstić information content (AvgIpc) is 3.27. The maximum atomic E-state index is 12.6. The lowest BCUT2D eigenvalue weighted by molar-refractivity contribution is 0.0515. The van der Waals surface area contributed by atoms with Crippen LogP contribution in [0.5, 0.6) is 0 Å². The van der Waals surface area contributed by atoms with Gasteiger partial charge in [0.15, 0.2) is 0 Å². The molecule has 4 nitrogen and oxygen atoms in total. The second kappa shape index (κ2) is 7.81. The number of rotatable bonds is 5. The van der Waals surface area contributed by atoms with Crippen molar-refractivity contribution in [1.82, 2.24) is 4.57 Å². The Morgan fingerprint density at radius 1 is 1.23 bits per heavy atom. The standard InChI is InChI=1S/C20H18N2O2S2/c1-4-24-20(23)18-17(16(11-21)19(25-3)22(18)2)14-7-5-13(6-8-14)15-9-10-26-12-15/h5-10,12H,4H2,1-3H3. The van der Waals surface area contributed by atoms with Gasteiger partial charge in [0.25, 0.3) is 0 Å². The minimum absolute atomic E-state index is 0.289. The lowest BCUT2D eigenvalue weighted by atomic mass is 9.99. The fourth-order valence-corrected chi connectivity index (χ4v) is 4.36. The van der Waals surface area contributed by atoms with E-state index in [0.29, 0.717) is 16.8 Å². The van der Waals surface area contributed by atoms with Crippen LogP contribution in [0.15, 0.2) is 46.1 Å². The average molecular weight is 383 g/mol. The number of thiophene rings is 1. The number of ether oxygens (including phenoxy) is 1. The van der Waals surface area contributed by atoms with E-state index >= 15 is 0 Å². The van der Waals surface area contributed by atoms with Crippen LogP contribution in [0, 0.1) is 11.3 Å². The van der Waals surface area contributed by atoms with E-state index in [4.69, 9.17) is 4.74 Å². The smallest absolute Gasteiger partial charge is 0.355 e. The maximum Gasteiger partial charge on any atom is 0.355 e. The summed E-state index contributed by atoms with van der Waals surface area (Å²) in [6, 6.07) is 12.3. The number of hydrogen-bond acceptors (Lipinski definition) is 5. The Labute approximate surface area is 161 Å². The molecule has 2 heterocycles. The Kier molecular flexibility index (Phi) is 5.50. The number of carbonyl (C=O) groups is 1. The van der Waals surface area contributed by atoms with Gasteiger partial charge in [-0.15, -0.1) is 11.8 Å². The fourth-order valence-electron chi connectivity index (χ4n) is 2.98. The molecule has 0 aliphatic heterocycles. The number of aromatic nitrogens is 1. The highest BCUT2D eigenvalue weighted by atomic mass is 32.2. The van der Waals surface area contributed by atoms with Crippen LogP contribution in [0.1, 0.15) is 23.0 Å². The Hall–Kier alpha value is -2.49. The maximum absolute atomic E-state index is 12.6. The Bertz CT molecular complexity index is 965. The predicted octanol–water partition coefficient (Wildman–Crippen LogP) is 5.19. The van der Waals surface area contributed by atoms with Crippen LogP contribution in [0.25, 0.3) is 22.3 Å². The highest BCUT2D eigenvalue weighted by Crippen LogP contribution is 2.37. The molecule has 0 N–H and O–H groups in total. The SMILES string of the molecule is CCOC(=O)c1c(-c2ccc(-c3ccsc3)cc2)c(C#N)c(SC)n1C. The van der Waals surface area contributed by atoms with Crippen molar-refractivity contribution < 1.29 is 9.53 Å². The number of benzene rings is 1. The molecular weight excluding hydrogens is 364 g/mol. The minimum atomic E-state index is -0.413. The lowest BCUT2D eigenvalue weighted by Crippen LogP contribution is -2.11. The van der Waals surface area contributed by atoms with Crippen LogP contribution in [0.2, 0.25) is 0 Å². The van der Waals surface area contributed by atoms with Crippen LogP contribution < -0.4 is 0 Å². The molecule has 0 bridgehead atoms. The molecule has 26 heavy (non-hydrogen) atoms. The zero-order valence-corrected chi connectivity index (χ0v) is 16.4. The van der Waals surface area contributed by atoms with Crippen LogP contribution >= 0.6 is 23.1 Å². The van der Waals surface area contributed by atoms with Gasteiger partial charge in [-0.05, 0) is 46.7 Å². The quantitative estimate of drug-likeness (QED) is 0.450. The fraction of sp³-hybridized carbons (Fsp3) is 0.200. The van der Waals surface area contributed by atoms with Gasteiger partial charge in [-0.25, -0.2) is 4.79 Å². The summed E-state index contributed by atoms with van der Waals surface area (Å²) in [4.78, 5) is 12.6. The Balaban J connectivity index is 2.17. The van der Waals surface area contributed by atoms with Crippen molar-refractivity contribution in [3.8, 4) is 28.3 Å². The molecule has 0 amide bonds. The third kappa shape index (κ3) is 3.16. The molecule has 0 spiro atoms. The van der Waals surface area contributed by atoms with Crippen molar-refractivity contribution in [2.75, 3.05) is 12.9 Å². The van der Waals surface area contributed by atoms with Gasteiger partial charge in [-0.3, -0.25) is 0 Å². The Morgan fingerprint density at radius 2 is 1.92 bits per heavy atom. The Morgan fingerprint density at radius 3 is 2.46 bits per heavy atom. The zero-order chi connectivity index (χ0) is 18.7. The van der Waals surface area contributed by atoms with Crippen molar-refractivity contribution >= 4 is 29.1 Å². The molecular formula is C20H18N2O2S2. The summed E-state index contributed by atoms with van der Waals surface area (Å²) in [7, 11) is 1.79. The van der Waals surface area contributed by atoms with Crippen molar-refractivity contribution in [3.63, 3.8) is 0 Å². The summed E-state index contributed by atoms with van der Waals surface area (Å²) >= 11 is 3.10. The van der Waals surface area contributed by atoms with Crippen molar-refractivity contribution in [2.24, 2.45) is 7.05 Å². The molecule has 6 heteroatoms. The predicted molar refractivity (Wildman–Crippen MR) is 107 cm³/mol. The summed E-state index contributed by atoms with van der Waals surface area (Å²) in [5, 5.41) is 14.6. The molecule has 0 fully saturated rings. The molecule has 0 aliphatic rings. The van der Waals surface area contributed by atoms with Gasteiger partial charge >= 0.3 is 5.97 Å². The number of esters is 1. The summed E-state index contributed by atoms with van der Waals surface area (Å²) < 4.78 is 6.99. The molecule has 132 valence electrons. The number of nitrogens with zero attached hydrogens (tertiary/aromatic N) is 2. The minimum Gasteiger partial charge on any atom is -0.461 e. The van der Waals surface area contributed by atoms with Gasteiger partial charge in [-0.1, -0.05) is 24.3 Å². The molecule has 0 radical (unpaired) electrons. The van der Waals surface area contributed by atoms with Crippen molar-refractivity contribution in [1.29, 1.82) is 5.26 Å². The van der Waals surface area contributed by atoms with Crippen LogP contribution in [-0.2, 0) is 11.8 Å². The van der Waals surface area contributed by atoms with Crippen molar-refractivity contribution in [3.05, 3.63) is 52.3 Å². The second-order valence-corrected chi connectivity index (χ2v) is 7.16. The summed E-state index contributed by atoms with van der Waals surface area (Å²) in [5.74, 6) is -0.413. The third-order valence-electron chi connectivity index (χ3n) is 4.14. The van der Waals surface area contributed by atoms with E-state index < -0.39 is 5.97 Å². The van der Waals surface area contributed by atoms with E-state index in [1.807, 2.05) is 35.9 Å². The lowest BCUT2D eigenvalue weighted by Gasteiger charge is -2.08. The van der Waals surface area contributed by atoms with Gasteiger partial charge in [0.05, 0.1) is 17.2 Å². The van der Waals surface area contributed by atoms with Crippen LogP contribution in [0.3, 0.4) is 0 Å². The van der Waals surface area contributed by atoms with Gasteiger partial charge in [0.2, 0.25) is 0 Å². The molecule has 0 aliphatic carbocycles. The first-order valence-corrected chi connectivity index (χ1v) is 10.3. The normalized spacial score (nSPS) is 10.5. The second-order valence-electron chi connectivity index (χ2n) is 5.59. The number of hydrogen-bond donors (Lipinski definition) is 0. The van der Waals surface area contributed by atoms with E-state index in [-0.39, 0.29) is 6.61 Å². The van der Waals surface area contributed by atoms with Crippen LogP contribution in [-0.4, -0.2) is 23.4 Å². The highest BCUT2D eigenvalue weighted by Gasteiger charge is 2.27. The van der Waals surface area contributed by atoms with E-state index in [9.17, 15) is 10.1 Å². The molecule has 3 rings (SSSR count). The first-order chi connectivity index (χ1) is 12.6. The molecule has 1 aromatic carbocycles. The largest absolute Gasteiger partial charge is 0.461 e. The van der Waals surface area contributed by atoms with E-state index in [0.717, 1.165) is 21.7 Å². The highest BCUT2D eigenvalue weighted by molar-refractivity contribution is 7.98. The number of thioether (sulfide) groups is 1. The van der Waals surface area contributed by atoms with Crippen LogP contribution in [0.4, 0.5) is 0 Å². The molecule has 0 saturated carbocycles. The summed E-state index contributed by atoms with van der Waals surface area (Å²) in [6.07, 6.45) is 1.90. The monoisotopic (exact) mass is 382 g/mol. The van der Waals surface area contributed by atoms with Gasteiger partial charge < -0.3 is 9.30 Å². The van der Waals surface area contributed by atoms with Gasteiger partial charge in [0.1, 0.15) is 11.8 Å². The molecule has 2 aromatic heterocycles. The van der Waals surface area contributed by atoms with Crippen molar-refractivity contribution in [2.45, 2.75) is 11.9 Å². The van der Waals surface area contributed by atoms with E-state index in [1.54, 1.807) is 29.9 Å². The molecule has 0 unspecified atom stereocenters. The summed E-state index contributed by atoms with van der Waals surface area (Å²) in [6.45, 7) is 2.06. The van der Waals surface area contributed by atoms with E-state index in [2.05, 4.69) is 17.5 Å².